The molecule has 0 unspecified atom stereocenters. The van der Waals surface area contributed by atoms with E-state index in [1.807, 2.05) is 31.3 Å². The van der Waals surface area contributed by atoms with E-state index in [-0.39, 0.29) is 11.0 Å². The number of imidazole rings is 1. The van der Waals surface area contributed by atoms with E-state index in [0.717, 1.165) is 47.1 Å². The number of rotatable bonds is 6. The average molecular weight is 476 g/mol. The molecule has 1 aliphatic carbocycles. The van der Waals surface area contributed by atoms with E-state index >= 15 is 0 Å². The molecule has 34 heavy (non-hydrogen) atoms. The zero-order chi connectivity index (χ0) is 24.1. The summed E-state index contributed by atoms with van der Waals surface area (Å²) in [5, 5.41) is 9.45. The van der Waals surface area contributed by atoms with Crippen LogP contribution in [0.5, 0.6) is 0 Å². The van der Waals surface area contributed by atoms with Crippen LogP contribution in [0.3, 0.4) is 0 Å². The molecular weight excluding hydrogens is 452 g/mol. The second kappa shape index (κ2) is 8.17. The second-order valence-corrected chi connectivity index (χ2v) is 10.0. The molecule has 0 bridgehead atoms. The van der Waals surface area contributed by atoms with Gasteiger partial charge in [-0.15, -0.1) is 11.8 Å². The molecule has 5 nitrogen and oxygen atoms in total. The number of halogens is 2. The summed E-state index contributed by atoms with van der Waals surface area (Å²) in [6.07, 6.45) is 4.84. The van der Waals surface area contributed by atoms with Crippen molar-refractivity contribution < 1.29 is 8.78 Å². The lowest BCUT2D eigenvalue weighted by molar-refractivity contribution is 0.0172. The van der Waals surface area contributed by atoms with Crippen molar-refractivity contribution in [1.82, 2.24) is 19.5 Å². The summed E-state index contributed by atoms with van der Waals surface area (Å²) in [7, 11) is 1.82. The lowest BCUT2D eigenvalue weighted by atomic mass is 9.95. The summed E-state index contributed by atoms with van der Waals surface area (Å²) in [4.78, 5) is 14.6. The molecule has 0 saturated heterocycles. The van der Waals surface area contributed by atoms with Gasteiger partial charge in [-0.05, 0) is 41.9 Å². The Hall–Kier alpha value is -3.31. The van der Waals surface area contributed by atoms with Crippen LogP contribution in [0.25, 0.3) is 33.8 Å². The van der Waals surface area contributed by atoms with Crippen LogP contribution in [0.4, 0.5) is 8.78 Å². The van der Waals surface area contributed by atoms with Crippen molar-refractivity contribution in [1.29, 1.82) is 5.26 Å². The van der Waals surface area contributed by atoms with E-state index in [1.54, 1.807) is 22.5 Å². The maximum Gasteiger partial charge on any atom is 0.272 e. The molecule has 0 radical (unpaired) electrons. The fourth-order valence-electron chi connectivity index (χ4n) is 4.14. The third-order valence-electron chi connectivity index (χ3n) is 6.32. The number of hydrogen-bond donors (Lipinski definition) is 0. The monoisotopic (exact) mass is 475 g/mol. The van der Waals surface area contributed by atoms with Crippen LogP contribution in [0, 0.1) is 11.3 Å². The Labute approximate surface area is 200 Å². The molecular formula is C26H23F2N5S. The van der Waals surface area contributed by atoms with E-state index < -0.39 is 5.92 Å². The van der Waals surface area contributed by atoms with Gasteiger partial charge in [-0.3, -0.25) is 4.98 Å². The number of nitriles is 1. The van der Waals surface area contributed by atoms with E-state index in [0.29, 0.717) is 22.7 Å². The van der Waals surface area contributed by atoms with E-state index in [1.165, 1.54) is 12.3 Å². The van der Waals surface area contributed by atoms with Gasteiger partial charge in [0, 0.05) is 42.4 Å². The summed E-state index contributed by atoms with van der Waals surface area (Å²) >= 11 is 1.65. The topological polar surface area (TPSA) is 67.4 Å². The number of aromatic nitrogens is 4. The first-order valence-electron chi connectivity index (χ1n) is 11.1. The van der Waals surface area contributed by atoms with Crippen LogP contribution in [0.1, 0.15) is 37.8 Å². The van der Waals surface area contributed by atoms with Gasteiger partial charge in [0.25, 0.3) is 5.92 Å². The first-order valence-corrected chi connectivity index (χ1v) is 12.1. The molecule has 172 valence electrons. The quantitative estimate of drug-likeness (QED) is 0.299. The summed E-state index contributed by atoms with van der Waals surface area (Å²) in [6.45, 7) is 2.92. The molecule has 4 aromatic rings. The van der Waals surface area contributed by atoms with Crippen LogP contribution >= 0.6 is 11.8 Å². The zero-order valence-electron chi connectivity index (χ0n) is 19.1. The van der Waals surface area contributed by atoms with Crippen LogP contribution in [-0.2, 0) is 18.4 Å². The second-order valence-electron chi connectivity index (χ2n) is 8.72. The number of hydrogen-bond acceptors (Lipinski definition) is 5. The summed E-state index contributed by atoms with van der Waals surface area (Å²) in [5.41, 5.74) is 4.23. The molecule has 3 heterocycles. The van der Waals surface area contributed by atoms with Crippen molar-refractivity contribution in [2.75, 3.05) is 5.75 Å². The lowest BCUT2D eigenvalue weighted by Crippen LogP contribution is -2.07. The molecule has 0 N–H and O–H groups in total. The summed E-state index contributed by atoms with van der Waals surface area (Å²) in [6, 6.07) is 14.0. The van der Waals surface area contributed by atoms with Crippen LogP contribution in [0.2, 0.25) is 0 Å². The molecule has 1 fully saturated rings. The Morgan fingerprint density at radius 3 is 2.47 bits per heavy atom. The Kier molecular flexibility index (Phi) is 5.40. The molecule has 0 spiro atoms. The molecule has 1 aliphatic rings. The Morgan fingerprint density at radius 2 is 1.85 bits per heavy atom. The fraction of sp³-hybridized carbons (Fsp3) is 0.308. The minimum absolute atomic E-state index is 0.163. The number of thioether (sulfide) groups is 1. The minimum Gasteiger partial charge on any atom is -0.310 e. The van der Waals surface area contributed by atoms with Gasteiger partial charge in [0.15, 0.2) is 11.5 Å². The highest BCUT2D eigenvalue weighted by Crippen LogP contribution is 2.47. The van der Waals surface area contributed by atoms with Crippen molar-refractivity contribution in [2.45, 2.75) is 42.9 Å². The van der Waals surface area contributed by atoms with Gasteiger partial charge >= 0.3 is 0 Å². The number of nitrogens with zero attached hydrogens (tertiary/aromatic N) is 5. The zero-order valence-corrected chi connectivity index (χ0v) is 20.0. The third kappa shape index (κ3) is 3.84. The third-order valence-corrected chi connectivity index (χ3v) is 7.23. The normalized spacial score (nSPS) is 14.8. The van der Waals surface area contributed by atoms with E-state index in [4.69, 9.17) is 4.98 Å². The number of benzene rings is 1. The van der Waals surface area contributed by atoms with Crippen molar-refractivity contribution in [3.63, 3.8) is 0 Å². The molecule has 5 rings (SSSR count). The Bertz CT molecular complexity index is 1430. The number of aryl methyl sites for hydroxylation is 1. The van der Waals surface area contributed by atoms with Gasteiger partial charge in [-0.2, -0.15) is 5.26 Å². The fourth-order valence-corrected chi connectivity index (χ4v) is 4.94. The standard InChI is InChI=1S/C26H23F2N5S/c1-4-34-21-11-17(16-5-7-18(8-6-16)26(15-29)9-10-26)13-30-22(21)24-32-20-12-19(25(2,27)28)14-31-23(20)33(24)3/h5-8,11-14H,4,9-10H2,1-3H3. The van der Waals surface area contributed by atoms with E-state index in [9.17, 15) is 14.0 Å². The maximum atomic E-state index is 13.8. The SMILES string of the molecule is CCSc1cc(-c2ccc(C3(C#N)CC3)cc2)cnc1-c1nc2cc(C(C)(F)F)cnc2n1C. The van der Waals surface area contributed by atoms with Gasteiger partial charge in [0.1, 0.15) is 11.2 Å². The molecule has 8 heteroatoms. The first kappa shape index (κ1) is 22.5. The first-order chi connectivity index (χ1) is 16.3. The maximum absolute atomic E-state index is 13.8. The average Bonchev–Trinajstić information content (AvgIpc) is 3.57. The predicted molar refractivity (Wildman–Crippen MR) is 130 cm³/mol. The molecule has 3 aromatic heterocycles. The highest BCUT2D eigenvalue weighted by Gasteiger charge is 2.44. The molecule has 1 saturated carbocycles. The number of fused-ring (bicyclic) bond motifs is 1. The largest absolute Gasteiger partial charge is 0.310 e. The van der Waals surface area contributed by atoms with Crippen LogP contribution in [-0.4, -0.2) is 25.3 Å². The van der Waals surface area contributed by atoms with Crippen molar-refractivity contribution in [3.05, 3.63) is 59.9 Å². The molecule has 1 aromatic carbocycles. The van der Waals surface area contributed by atoms with Crippen molar-refractivity contribution >= 4 is 22.9 Å². The van der Waals surface area contributed by atoms with Gasteiger partial charge in [-0.25, -0.2) is 18.7 Å². The van der Waals surface area contributed by atoms with Gasteiger partial charge in [0.05, 0.1) is 11.5 Å². The smallest absolute Gasteiger partial charge is 0.272 e. The van der Waals surface area contributed by atoms with Gasteiger partial charge < -0.3 is 4.57 Å². The summed E-state index contributed by atoms with van der Waals surface area (Å²) in [5.74, 6) is -1.55. The van der Waals surface area contributed by atoms with Crippen LogP contribution in [0.15, 0.2) is 53.7 Å². The Balaban J connectivity index is 1.55. The predicted octanol–water partition coefficient (Wildman–Crippen LogP) is 6.48. The van der Waals surface area contributed by atoms with Crippen LogP contribution < -0.4 is 0 Å². The van der Waals surface area contributed by atoms with Gasteiger partial charge in [0.2, 0.25) is 0 Å². The van der Waals surface area contributed by atoms with E-state index in [2.05, 4.69) is 29.0 Å². The van der Waals surface area contributed by atoms with Crippen molar-refractivity contribution in [2.24, 2.45) is 7.05 Å². The van der Waals surface area contributed by atoms with Crippen molar-refractivity contribution in [3.8, 4) is 28.7 Å². The molecule has 0 aliphatic heterocycles. The highest BCUT2D eigenvalue weighted by molar-refractivity contribution is 7.99. The Morgan fingerprint density at radius 1 is 1.12 bits per heavy atom. The minimum atomic E-state index is -2.98. The summed E-state index contributed by atoms with van der Waals surface area (Å²) < 4.78 is 29.4. The lowest BCUT2D eigenvalue weighted by Gasteiger charge is -2.11. The van der Waals surface area contributed by atoms with Gasteiger partial charge in [-0.1, -0.05) is 31.2 Å². The number of alkyl halides is 2. The number of pyridine rings is 2. The highest BCUT2D eigenvalue weighted by atomic mass is 32.2. The molecule has 0 atom stereocenters. The molecule has 0 amide bonds.